The van der Waals surface area contributed by atoms with Gasteiger partial charge in [0.05, 0.1) is 25.0 Å². The Kier molecular flexibility index (Phi) is 6.88. The molecule has 0 unspecified atom stereocenters. The molecular formula is C42H32N2O4. The molecule has 0 aliphatic heterocycles. The van der Waals surface area contributed by atoms with Crippen molar-refractivity contribution in [2.75, 3.05) is 14.2 Å². The molecule has 8 rings (SSSR count). The number of phenols is 2. The molecule has 0 saturated carbocycles. The minimum atomic E-state index is 0.0151. The van der Waals surface area contributed by atoms with E-state index in [9.17, 15) is 10.2 Å². The lowest BCUT2D eigenvalue weighted by Gasteiger charge is -2.21. The van der Waals surface area contributed by atoms with Gasteiger partial charge in [-0.25, -0.2) is 0 Å². The van der Waals surface area contributed by atoms with Crippen molar-refractivity contribution >= 4 is 43.1 Å². The Bertz CT molecular complexity index is 2400. The first-order valence-electron chi connectivity index (χ1n) is 15.7. The first-order valence-corrected chi connectivity index (χ1v) is 15.7. The minimum absolute atomic E-state index is 0.0151. The predicted molar refractivity (Wildman–Crippen MR) is 194 cm³/mol. The van der Waals surface area contributed by atoms with Crippen LogP contribution in [0.1, 0.15) is 11.1 Å². The zero-order valence-electron chi connectivity index (χ0n) is 27.0. The van der Waals surface area contributed by atoms with E-state index >= 15 is 0 Å². The normalized spacial score (nSPS) is 11.5. The number of rotatable bonds is 5. The number of methoxy groups -OCH3 is 2. The van der Waals surface area contributed by atoms with Gasteiger partial charge in [0.2, 0.25) is 0 Å². The number of pyridine rings is 2. The van der Waals surface area contributed by atoms with Crippen LogP contribution in [0.15, 0.2) is 110 Å². The maximum Gasteiger partial charge on any atom is 0.135 e. The molecule has 8 aromatic rings. The molecule has 234 valence electrons. The number of ether oxygens (including phenoxy) is 2. The summed E-state index contributed by atoms with van der Waals surface area (Å²) in [6, 6.07) is 28.2. The van der Waals surface area contributed by atoms with Crippen LogP contribution in [0.4, 0.5) is 0 Å². The molecule has 0 saturated heterocycles. The van der Waals surface area contributed by atoms with Gasteiger partial charge in [0, 0.05) is 46.7 Å². The van der Waals surface area contributed by atoms with Gasteiger partial charge in [-0.15, -0.1) is 0 Å². The summed E-state index contributed by atoms with van der Waals surface area (Å²) in [5, 5.41) is 31.4. The van der Waals surface area contributed by atoms with Crippen LogP contribution in [-0.4, -0.2) is 34.4 Å². The number of fused-ring (bicyclic) bond motifs is 4. The Labute approximate surface area is 277 Å². The summed E-state index contributed by atoms with van der Waals surface area (Å²) in [4.78, 5) is 8.69. The van der Waals surface area contributed by atoms with Crippen molar-refractivity contribution in [2.45, 2.75) is 13.8 Å². The van der Waals surface area contributed by atoms with Crippen LogP contribution in [0.2, 0.25) is 0 Å². The number of hydrogen-bond donors (Lipinski definition) is 2. The molecular weight excluding hydrogens is 596 g/mol. The molecule has 2 heterocycles. The van der Waals surface area contributed by atoms with Gasteiger partial charge in [-0.05, 0) is 105 Å². The average molecular weight is 629 g/mol. The van der Waals surface area contributed by atoms with Crippen molar-refractivity contribution in [3.05, 3.63) is 121 Å². The third kappa shape index (κ3) is 4.48. The molecule has 0 atom stereocenters. The smallest absolute Gasteiger partial charge is 0.135 e. The maximum atomic E-state index is 12.3. The molecule has 0 spiro atoms. The van der Waals surface area contributed by atoms with Gasteiger partial charge in [-0.2, -0.15) is 0 Å². The molecule has 2 aromatic heterocycles. The highest BCUT2D eigenvalue weighted by atomic mass is 16.5. The van der Waals surface area contributed by atoms with Crippen molar-refractivity contribution in [3.63, 3.8) is 0 Å². The van der Waals surface area contributed by atoms with Crippen molar-refractivity contribution in [1.29, 1.82) is 0 Å². The van der Waals surface area contributed by atoms with E-state index in [4.69, 9.17) is 9.47 Å². The third-order valence-electron chi connectivity index (χ3n) is 9.31. The lowest BCUT2D eigenvalue weighted by atomic mass is 9.85. The van der Waals surface area contributed by atoms with Crippen LogP contribution in [0.5, 0.6) is 23.0 Å². The monoisotopic (exact) mass is 628 g/mol. The van der Waals surface area contributed by atoms with Crippen LogP contribution >= 0.6 is 0 Å². The van der Waals surface area contributed by atoms with Crippen LogP contribution in [-0.2, 0) is 0 Å². The molecule has 0 radical (unpaired) electrons. The lowest BCUT2D eigenvalue weighted by Crippen LogP contribution is -1.95. The second-order valence-corrected chi connectivity index (χ2v) is 12.2. The Balaban J connectivity index is 1.55. The van der Waals surface area contributed by atoms with E-state index in [1.807, 2.05) is 86.9 Å². The number of nitrogens with zero attached hydrogens (tertiary/aromatic N) is 2. The van der Waals surface area contributed by atoms with Crippen molar-refractivity contribution in [2.24, 2.45) is 0 Å². The van der Waals surface area contributed by atoms with E-state index in [1.54, 1.807) is 26.6 Å². The molecule has 48 heavy (non-hydrogen) atoms. The second-order valence-electron chi connectivity index (χ2n) is 12.2. The van der Waals surface area contributed by atoms with Gasteiger partial charge in [0.15, 0.2) is 0 Å². The van der Waals surface area contributed by atoms with E-state index in [2.05, 4.69) is 34.2 Å². The van der Waals surface area contributed by atoms with Gasteiger partial charge < -0.3 is 19.7 Å². The summed E-state index contributed by atoms with van der Waals surface area (Å²) in [5.41, 5.74) is 6.67. The van der Waals surface area contributed by atoms with Crippen molar-refractivity contribution in [3.8, 4) is 56.4 Å². The standard InChI is InChI=1S/C42H32N2O4/c1-23-15-33-31(29-9-5-7-25-21-43-13-11-27(25)29)19-35(41(45)39(33)37(17-23)47-3)36-20-32(30-10-6-8-26-22-44-14-12-28(26)30)34-16-24(2)18-38(48-4)40(34)42(36)46/h5-22,45-46H,1-4H3. The Morgan fingerprint density at radius 2 is 0.917 bits per heavy atom. The van der Waals surface area contributed by atoms with Gasteiger partial charge in [0.1, 0.15) is 23.0 Å². The number of aromatic hydroxyl groups is 2. The highest BCUT2D eigenvalue weighted by Gasteiger charge is 2.25. The predicted octanol–water partition coefficient (Wildman–Crippen LogP) is 10.1. The second kappa shape index (κ2) is 11.3. The quantitative estimate of drug-likeness (QED) is 0.197. The summed E-state index contributed by atoms with van der Waals surface area (Å²) in [7, 11) is 3.22. The summed E-state index contributed by atoms with van der Waals surface area (Å²) in [6.45, 7) is 4.03. The number of benzene rings is 6. The summed E-state index contributed by atoms with van der Waals surface area (Å²) in [5.74, 6) is 1.12. The molecule has 0 amide bonds. The van der Waals surface area contributed by atoms with E-state index < -0.39 is 0 Å². The van der Waals surface area contributed by atoms with E-state index in [0.717, 1.165) is 65.7 Å². The molecule has 6 heteroatoms. The molecule has 0 fully saturated rings. The van der Waals surface area contributed by atoms with Gasteiger partial charge >= 0.3 is 0 Å². The average Bonchev–Trinajstić information content (AvgIpc) is 3.11. The fraction of sp³-hybridized carbons (Fsp3) is 0.0952. The Morgan fingerprint density at radius 3 is 1.33 bits per heavy atom. The fourth-order valence-electron chi connectivity index (χ4n) is 7.16. The Hall–Kier alpha value is -6.14. The van der Waals surface area contributed by atoms with Crippen molar-refractivity contribution < 1.29 is 19.7 Å². The van der Waals surface area contributed by atoms with Crippen molar-refractivity contribution in [1.82, 2.24) is 9.97 Å². The Morgan fingerprint density at radius 1 is 0.479 bits per heavy atom. The van der Waals surface area contributed by atoms with Crippen LogP contribution < -0.4 is 9.47 Å². The molecule has 6 aromatic carbocycles. The van der Waals surface area contributed by atoms with Gasteiger partial charge in [-0.3, -0.25) is 9.97 Å². The highest BCUT2D eigenvalue weighted by Crippen LogP contribution is 2.52. The topological polar surface area (TPSA) is 84.7 Å². The first kappa shape index (κ1) is 29.3. The molecule has 6 nitrogen and oxygen atoms in total. The maximum absolute atomic E-state index is 12.3. The van der Waals surface area contributed by atoms with Gasteiger partial charge in [0.25, 0.3) is 0 Å². The molecule has 0 aliphatic carbocycles. The summed E-state index contributed by atoms with van der Waals surface area (Å²) in [6.07, 6.45) is 7.28. The zero-order valence-corrected chi connectivity index (χ0v) is 27.0. The number of aryl methyl sites for hydroxylation is 2. The SMILES string of the molecule is COc1cc(C)cc2c(-c3cccc4cnccc34)cc(-c3cc(-c4cccc5cnccc45)c4cc(C)cc(OC)c4c3O)c(O)c12. The number of hydrogen-bond acceptors (Lipinski definition) is 6. The number of phenolic OH excluding ortho intramolecular Hbond substituents is 2. The number of aromatic nitrogens is 2. The van der Waals surface area contributed by atoms with E-state index in [1.165, 1.54) is 0 Å². The lowest BCUT2D eigenvalue weighted by molar-refractivity contribution is 0.415. The van der Waals surface area contributed by atoms with E-state index in [-0.39, 0.29) is 11.5 Å². The molecule has 0 bridgehead atoms. The van der Waals surface area contributed by atoms with Crippen LogP contribution in [0.25, 0.3) is 76.5 Å². The largest absolute Gasteiger partial charge is 0.507 e. The minimum Gasteiger partial charge on any atom is -0.507 e. The van der Waals surface area contributed by atoms with E-state index in [0.29, 0.717) is 33.4 Å². The third-order valence-corrected chi connectivity index (χ3v) is 9.31. The summed E-state index contributed by atoms with van der Waals surface area (Å²) < 4.78 is 11.8. The van der Waals surface area contributed by atoms with Crippen LogP contribution in [0, 0.1) is 13.8 Å². The fourth-order valence-corrected chi connectivity index (χ4v) is 7.16. The van der Waals surface area contributed by atoms with Crippen LogP contribution in [0.3, 0.4) is 0 Å². The molecule has 2 N–H and O–H groups in total. The van der Waals surface area contributed by atoms with Gasteiger partial charge in [-0.1, -0.05) is 48.5 Å². The molecule has 0 aliphatic rings. The highest BCUT2D eigenvalue weighted by molar-refractivity contribution is 6.15. The summed E-state index contributed by atoms with van der Waals surface area (Å²) >= 11 is 0. The first-order chi connectivity index (χ1) is 23.4. The zero-order chi connectivity index (χ0) is 33.1.